The number of hydrogen-bond acceptors (Lipinski definition) is 10. The molecule has 0 fully saturated rings. The van der Waals surface area contributed by atoms with Gasteiger partial charge in [-0.25, -0.2) is 8.42 Å². The first-order valence-corrected chi connectivity index (χ1v) is 12.9. The van der Waals surface area contributed by atoms with Crippen molar-refractivity contribution in [3.63, 3.8) is 0 Å². The van der Waals surface area contributed by atoms with Gasteiger partial charge in [0.1, 0.15) is 19.0 Å². The van der Waals surface area contributed by atoms with E-state index in [1.807, 2.05) is 12.1 Å². The molecule has 10 nitrogen and oxygen atoms in total. The number of nitrogens with one attached hydrogen (secondary N) is 1. The van der Waals surface area contributed by atoms with E-state index in [0.29, 0.717) is 47.5 Å². The summed E-state index contributed by atoms with van der Waals surface area (Å²) < 4.78 is 60.9. The van der Waals surface area contributed by atoms with Crippen molar-refractivity contribution in [3.05, 3.63) is 66.2 Å². The molecule has 4 aromatic rings. The standard InChI is InChI=1S/C26H22N2O8S/c1-31-19-5-3-2-4-18(19)24-28-26(37(29,30)17-7-9-20-23(13-17)33-11-10-32-20)25(36-24)27-14-16-6-8-21-22(12-16)35-15-34-21/h2-9,12-13,27H,10-11,14-15H2,1H3. The SMILES string of the molecule is COc1ccccc1-c1nc(S(=O)(=O)c2ccc3c(c2)OCCO3)c(NCc2ccc3c(c2)OCO3)o1. The summed E-state index contributed by atoms with van der Waals surface area (Å²) in [5.74, 6) is 2.71. The summed E-state index contributed by atoms with van der Waals surface area (Å²) in [5.41, 5.74) is 1.35. The second kappa shape index (κ2) is 9.25. The van der Waals surface area contributed by atoms with Gasteiger partial charge in [-0.1, -0.05) is 18.2 Å². The summed E-state index contributed by atoms with van der Waals surface area (Å²) in [6.45, 7) is 1.15. The molecule has 1 aromatic heterocycles. The van der Waals surface area contributed by atoms with Crippen LogP contribution in [0, 0.1) is 0 Å². The van der Waals surface area contributed by atoms with E-state index in [2.05, 4.69) is 10.3 Å². The third-order valence-electron chi connectivity index (χ3n) is 5.90. The van der Waals surface area contributed by atoms with E-state index < -0.39 is 9.84 Å². The van der Waals surface area contributed by atoms with Gasteiger partial charge in [-0.3, -0.25) is 0 Å². The van der Waals surface area contributed by atoms with Gasteiger partial charge in [0.2, 0.25) is 33.4 Å². The number of fused-ring (bicyclic) bond motifs is 2. The zero-order chi connectivity index (χ0) is 25.4. The maximum absolute atomic E-state index is 13.8. The highest BCUT2D eigenvalue weighted by atomic mass is 32.2. The molecule has 0 bridgehead atoms. The molecule has 0 saturated carbocycles. The molecule has 2 aliphatic heterocycles. The molecular weight excluding hydrogens is 500 g/mol. The van der Waals surface area contributed by atoms with Crippen LogP contribution < -0.4 is 29.0 Å². The van der Waals surface area contributed by atoms with Crippen LogP contribution in [0.5, 0.6) is 28.7 Å². The Balaban J connectivity index is 1.40. The van der Waals surface area contributed by atoms with Crippen molar-refractivity contribution in [2.75, 3.05) is 32.4 Å². The summed E-state index contributed by atoms with van der Waals surface area (Å²) in [6.07, 6.45) is 0. The molecule has 11 heteroatoms. The van der Waals surface area contributed by atoms with E-state index in [4.69, 9.17) is 28.1 Å². The van der Waals surface area contributed by atoms with Crippen LogP contribution in [0.25, 0.3) is 11.5 Å². The van der Waals surface area contributed by atoms with Crippen LogP contribution in [0.15, 0.2) is 75.0 Å². The predicted octanol–water partition coefficient (Wildman–Crippen LogP) is 4.30. The average molecular weight is 523 g/mol. The van der Waals surface area contributed by atoms with Crippen molar-refractivity contribution in [2.45, 2.75) is 16.5 Å². The van der Waals surface area contributed by atoms with Crippen LogP contribution in [0.1, 0.15) is 5.56 Å². The number of hydrogen-bond donors (Lipinski definition) is 1. The number of benzene rings is 3. The van der Waals surface area contributed by atoms with Gasteiger partial charge in [0.15, 0.2) is 23.0 Å². The fraction of sp³-hybridized carbons (Fsp3) is 0.192. The molecule has 190 valence electrons. The smallest absolute Gasteiger partial charge is 0.234 e. The number of sulfone groups is 1. The number of methoxy groups -OCH3 is 1. The van der Waals surface area contributed by atoms with E-state index in [0.717, 1.165) is 5.56 Å². The van der Waals surface area contributed by atoms with Gasteiger partial charge >= 0.3 is 0 Å². The monoisotopic (exact) mass is 522 g/mol. The largest absolute Gasteiger partial charge is 0.496 e. The van der Waals surface area contributed by atoms with Crippen molar-refractivity contribution in [1.29, 1.82) is 0 Å². The van der Waals surface area contributed by atoms with Gasteiger partial charge < -0.3 is 33.4 Å². The molecule has 37 heavy (non-hydrogen) atoms. The van der Waals surface area contributed by atoms with Crippen LogP contribution in [0.3, 0.4) is 0 Å². The molecule has 3 heterocycles. The Hall–Kier alpha value is -4.38. The summed E-state index contributed by atoms with van der Waals surface area (Å²) in [7, 11) is -2.59. The maximum atomic E-state index is 13.8. The minimum absolute atomic E-state index is 0.00255. The first-order chi connectivity index (χ1) is 18.0. The van der Waals surface area contributed by atoms with Crippen LogP contribution in [-0.2, 0) is 16.4 Å². The van der Waals surface area contributed by atoms with Gasteiger partial charge in [-0.05, 0) is 42.0 Å². The minimum atomic E-state index is -4.11. The average Bonchev–Trinajstić information content (AvgIpc) is 3.59. The molecule has 0 spiro atoms. The molecule has 0 atom stereocenters. The first-order valence-electron chi connectivity index (χ1n) is 11.4. The second-order valence-electron chi connectivity index (χ2n) is 8.20. The third-order valence-corrected chi connectivity index (χ3v) is 7.56. The topological polar surface area (TPSA) is 118 Å². The lowest BCUT2D eigenvalue weighted by Crippen LogP contribution is -2.16. The summed E-state index contributed by atoms with van der Waals surface area (Å²) >= 11 is 0. The van der Waals surface area contributed by atoms with Crippen molar-refractivity contribution in [3.8, 4) is 40.2 Å². The van der Waals surface area contributed by atoms with Crippen LogP contribution in [0.4, 0.5) is 5.88 Å². The molecule has 0 saturated heterocycles. The van der Waals surface area contributed by atoms with E-state index in [-0.39, 0.29) is 35.0 Å². The van der Waals surface area contributed by atoms with Gasteiger partial charge in [-0.15, -0.1) is 0 Å². The molecule has 3 aromatic carbocycles. The zero-order valence-corrected chi connectivity index (χ0v) is 20.5. The highest BCUT2D eigenvalue weighted by molar-refractivity contribution is 7.91. The van der Waals surface area contributed by atoms with Crippen LogP contribution in [0.2, 0.25) is 0 Å². The number of aromatic nitrogens is 1. The Morgan fingerprint density at radius 3 is 2.49 bits per heavy atom. The van der Waals surface area contributed by atoms with Crippen LogP contribution >= 0.6 is 0 Å². The molecule has 1 N–H and O–H groups in total. The van der Waals surface area contributed by atoms with Crippen molar-refractivity contribution >= 4 is 15.7 Å². The lowest BCUT2D eigenvalue weighted by atomic mass is 10.2. The fourth-order valence-corrected chi connectivity index (χ4v) is 5.37. The van der Waals surface area contributed by atoms with E-state index in [9.17, 15) is 8.42 Å². The fourth-order valence-electron chi connectivity index (χ4n) is 4.07. The quantitative estimate of drug-likeness (QED) is 0.376. The normalized spacial score (nSPS) is 13.9. The van der Waals surface area contributed by atoms with Gasteiger partial charge in [0, 0.05) is 12.6 Å². The third kappa shape index (κ3) is 4.27. The second-order valence-corrected chi connectivity index (χ2v) is 10.1. The number of ether oxygens (including phenoxy) is 5. The van der Waals surface area contributed by atoms with Crippen molar-refractivity contribution < 1.29 is 36.5 Å². The molecule has 6 rings (SSSR count). The van der Waals surface area contributed by atoms with E-state index in [1.165, 1.54) is 19.2 Å². The predicted molar refractivity (Wildman–Crippen MR) is 131 cm³/mol. The Morgan fingerprint density at radius 2 is 1.62 bits per heavy atom. The first kappa shape index (κ1) is 23.0. The Labute approximate surface area is 212 Å². The minimum Gasteiger partial charge on any atom is -0.496 e. The molecule has 0 unspecified atom stereocenters. The molecule has 0 aliphatic carbocycles. The summed E-state index contributed by atoms with van der Waals surface area (Å²) in [6, 6.07) is 17.0. The Bertz CT molecular complexity index is 1580. The number of oxazole rings is 1. The highest BCUT2D eigenvalue weighted by Crippen LogP contribution is 2.39. The number of para-hydroxylation sites is 1. The van der Waals surface area contributed by atoms with E-state index >= 15 is 0 Å². The van der Waals surface area contributed by atoms with Crippen LogP contribution in [-0.4, -0.2) is 40.5 Å². The number of rotatable bonds is 7. The molecular formula is C26H22N2O8S. The molecule has 2 aliphatic rings. The Kier molecular flexibility index (Phi) is 5.76. The number of nitrogens with zero attached hydrogens (tertiary/aromatic N) is 1. The summed E-state index contributed by atoms with van der Waals surface area (Å²) in [5, 5.41) is 2.83. The van der Waals surface area contributed by atoms with Gasteiger partial charge in [0.05, 0.1) is 17.6 Å². The number of anilines is 1. The summed E-state index contributed by atoms with van der Waals surface area (Å²) in [4.78, 5) is 4.41. The molecule has 0 amide bonds. The van der Waals surface area contributed by atoms with Crippen molar-refractivity contribution in [1.82, 2.24) is 4.98 Å². The lowest BCUT2D eigenvalue weighted by molar-refractivity contribution is 0.171. The van der Waals surface area contributed by atoms with Gasteiger partial charge in [0.25, 0.3) is 0 Å². The van der Waals surface area contributed by atoms with Crippen molar-refractivity contribution in [2.24, 2.45) is 0 Å². The van der Waals surface area contributed by atoms with E-state index in [1.54, 1.807) is 36.4 Å². The lowest BCUT2D eigenvalue weighted by Gasteiger charge is -2.18. The highest BCUT2D eigenvalue weighted by Gasteiger charge is 2.31. The van der Waals surface area contributed by atoms with Gasteiger partial charge in [-0.2, -0.15) is 4.98 Å². The maximum Gasteiger partial charge on any atom is 0.234 e. The molecule has 0 radical (unpaired) electrons. The zero-order valence-electron chi connectivity index (χ0n) is 19.7. The Morgan fingerprint density at radius 1 is 0.892 bits per heavy atom.